The average Bonchev–Trinajstić information content (AvgIpc) is 2.64. The third-order valence-electron chi connectivity index (χ3n) is 3.69. The normalized spacial score (nSPS) is 14.6. The molecule has 0 fully saturated rings. The number of nitrogens with one attached hydrogen (secondary N) is 1. The molecule has 19 heavy (non-hydrogen) atoms. The minimum absolute atomic E-state index is 0.371. The number of rotatable bonds is 6. The van der Waals surface area contributed by atoms with E-state index in [1.807, 2.05) is 24.6 Å². The number of nitrogens with two attached hydrogens (primary N) is 1. The van der Waals surface area contributed by atoms with E-state index >= 15 is 0 Å². The Morgan fingerprint density at radius 2 is 2.11 bits per heavy atom. The highest BCUT2D eigenvalue weighted by molar-refractivity contribution is 7.92. The number of aryl methyl sites for hydroxylation is 2. The molecule has 6 nitrogen and oxygen atoms in total. The van der Waals surface area contributed by atoms with Gasteiger partial charge in [0.2, 0.25) is 0 Å². The van der Waals surface area contributed by atoms with Crippen molar-refractivity contribution in [2.75, 3.05) is 6.26 Å². The molecule has 1 atom stereocenters. The van der Waals surface area contributed by atoms with Gasteiger partial charge in [0.25, 0.3) is 0 Å². The van der Waals surface area contributed by atoms with E-state index in [-0.39, 0.29) is 6.04 Å². The lowest BCUT2D eigenvalue weighted by Crippen LogP contribution is -2.55. The predicted molar refractivity (Wildman–Crippen MR) is 76.4 cm³/mol. The van der Waals surface area contributed by atoms with Gasteiger partial charge >= 0.3 is 0 Å². The summed E-state index contributed by atoms with van der Waals surface area (Å²) in [5, 5.41) is 4.36. The summed E-state index contributed by atoms with van der Waals surface area (Å²) in [5.41, 5.74) is 4.54. The zero-order chi connectivity index (χ0) is 14.8. The van der Waals surface area contributed by atoms with Crippen LogP contribution in [0, 0.1) is 6.92 Å². The summed E-state index contributed by atoms with van der Waals surface area (Å²) in [4.78, 5) is 0. The van der Waals surface area contributed by atoms with Gasteiger partial charge in [0.15, 0.2) is 9.84 Å². The van der Waals surface area contributed by atoms with Gasteiger partial charge in [-0.2, -0.15) is 5.10 Å². The molecule has 0 saturated carbocycles. The molecule has 1 rings (SSSR count). The van der Waals surface area contributed by atoms with Gasteiger partial charge in [0.05, 0.1) is 10.4 Å². The van der Waals surface area contributed by atoms with E-state index in [1.54, 1.807) is 13.8 Å². The molecule has 0 aliphatic carbocycles. The van der Waals surface area contributed by atoms with Crippen LogP contribution in [0.25, 0.3) is 0 Å². The molecule has 1 aromatic rings. The number of aromatic nitrogens is 2. The summed E-state index contributed by atoms with van der Waals surface area (Å²) < 4.78 is 24.7. The molecule has 0 amide bonds. The Morgan fingerprint density at radius 3 is 2.53 bits per heavy atom. The van der Waals surface area contributed by atoms with Gasteiger partial charge in [-0.15, -0.1) is 0 Å². The fourth-order valence-corrected chi connectivity index (χ4v) is 2.68. The lowest BCUT2D eigenvalue weighted by Gasteiger charge is -2.32. The highest BCUT2D eigenvalue weighted by atomic mass is 32.2. The van der Waals surface area contributed by atoms with Gasteiger partial charge in [-0.1, -0.05) is 0 Å². The van der Waals surface area contributed by atoms with Crippen molar-refractivity contribution in [3.8, 4) is 0 Å². The number of hydrogen-bond donors (Lipinski definition) is 2. The number of nitrogens with zero attached hydrogens (tertiary/aromatic N) is 2. The highest BCUT2D eigenvalue weighted by Crippen LogP contribution is 2.23. The van der Waals surface area contributed by atoms with Gasteiger partial charge in [0.1, 0.15) is 0 Å². The van der Waals surface area contributed by atoms with E-state index < -0.39 is 14.6 Å². The van der Waals surface area contributed by atoms with E-state index in [0.29, 0.717) is 6.42 Å². The Kier molecular flexibility index (Phi) is 4.76. The lowest BCUT2D eigenvalue weighted by atomic mass is 9.98. The van der Waals surface area contributed by atoms with Crippen molar-refractivity contribution in [2.45, 2.75) is 51.4 Å². The Balaban J connectivity index is 3.06. The molecule has 0 radical (unpaired) electrons. The molecular weight excluding hydrogens is 264 g/mol. The zero-order valence-corrected chi connectivity index (χ0v) is 13.1. The fraction of sp³-hybridized carbons (Fsp3) is 0.750. The molecule has 3 N–H and O–H groups in total. The van der Waals surface area contributed by atoms with Crippen LogP contribution >= 0.6 is 0 Å². The van der Waals surface area contributed by atoms with Crippen LogP contribution in [0.15, 0.2) is 6.07 Å². The van der Waals surface area contributed by atoms with Crippen LogP contribution in [-0.2, 0) is 22.8 Å². The quantitative estimate of drug-likeness (QED) is 0.584. The first-order valence-corrected chi connectivity index (χ1v) is 8.21. The van der Waals surface area contributed by atoms with Crippen molar-refractivity contribution in [2.24, 2.45) is 5.84 Å². The van der Waals surface area contributed by atoms with Crippen LogP contribution in [0.1, 0.15) is 32.2 Å². The molecule has 0 aliphatic heterocycles. The monoisotopic (exact) mass is 288 g/mol. The number of hydrogen-bond acceptors (Lipinski definition) is 5. The van der Waals surface area contributed by atoms with Crippen LogP contribution < -0.4 is 11.3 Å². The van der Waals surface area contributed by atoms with Crippen molar-refractivity contribution in [3.05, 3.63) is 17.5 Å². The second-order valence-electron chi connectivity index (χ2n) is 5.39. The minimum atomic E-state index is -3.22. The van der Waals surface area contributed by atoms with E-state index in [9.17, 15) is 8.42 Å². The molecule has 0 bridgehead atoms. The molecule has 0 aliphatic rings. The van der Waals surface area contributed by atoms with E-state index in [1.165, 1.54) is 6.26 Å². The summed E-state index contributed by atoms with van der Waals surface area (Å²) in [7, 11) is -3.22. The van der Waals surface area contributed by atoms with Crippen LogP contribution in [0.4, 0.5) is 0 Å². The summed E-state index contributed by atoms with van der Waals surface area (Å²) >= 11 is 0. The standard InChI is InChI=1S/C12H24N4O2S/c1-6-16-10(7-9(2)15-16)8-11(14-13)12(3,4)19(5,17)18/h7,11,14H,6,8,13H2,1-5H3. The zero-order valence-electron chi connectivity index (χ0n) is 12.3. The van der Waals surface area contributed by atoms with Crippen molar-refractivity contribution in [1.82, 2.24) is 15.2 Å². The predicted octanol–water partition coefficient (Wildman–Crippen LogP) is 0.409. The van der Waals surface area contributed by atoms with Gasteiger partial charge in [-0.05, 0) is 33.8 Å². The van der Waals surface area contributed by atoms with Gasteiger partial charge in [-0.25, -0.2) is 8.42 Å². The maximum Gasteiger partial charge on any atom is 0.154 e. The van der Waals surface area contributed by atoms with Crippen LogP contribution in [0.3, 0.4) is 0 Å². The fourth-order valence-electron chi connectivity index (χ4n) is 2.01. The van der Waals surface area contributed by atoms with Gasteiger partial charge in [-0.3, -0.25) is 16.0 Å². The van der Waals surface area contributed by atoms with Crippen molar-refractivity contribution >= 4 is 9.84 Å². The molecule has 1 heterocycles. The molecular formula is C12H24N4O2S. The molecule has 0 spiro atoms. The second kappa shape index (κ2) is 5.60. The maximum absolute atomic E-state index is 11.9. The first-order valence-electron chi connectivity index (χ1n) is 6.32. The summed E-state index contributed by atoms with van der Waals surface area (Å²) in [5.74, 6) is 5.56. The Bertz CT molecular complexity index is 534. The number of hydrazine groups is 1. The highest BCUT2D eigenvalue weighted by Gasteiger charge is 2.39. The maximum atomic E-state index is 11.9. The average molecular weight is 288 g/mol. The topological polar surface area (TPSA) is 90.0 Å². The molecule has 0 saturated heterocycles. The first kappa shape index (κ1) is 16.1. The van der Waals surface area contributed by atoms with Crippen LogP contribution in [0.2, 0.25) is 0 Å². The summed E-state index contributed by atoms with van der Waals surface area (Å²) in [6, 6.07) is 1.59. The van der Waals surface area contributed by atoms with Crippen molar-refractivity contribution in [3.63, 3.8) is 0 Å². The first-order chi connectivity index (χ1) is 8.63. The Hall–Kier alpha value is -0.920. The molecule has 110 valence electrons. The van der Waals surface area contributed by atoms with E-state index in [4.69, 9.17) is 5.84 Å². The summed E-state index contributed by atoms with van der Waals surface area (Å²) in [6.07, 6.45) is 1.75. The van der Waals surface area contributed by atoms with Crippen molar-refractivity contribution < 1.29 is 8.42 Å². The smallest absolute Gasteiger partial charge is 0.154 e. The van der Waals surface area contributed by atoms with Crippen LogP contribution in [0.5, 0.6) is 0 Å². The van der Waals surface area contributed by atoms with Gasteiger partial charge < -0.3 is 0 Å². The second-order valence-corrected chi connectivity index (χ2v) is 7.99. The summed E-state index contributed by atoms with van der Waals surface area (Å²) in [6.45, 7) is 8.04. The van der Waals surface area contributed by atoms with Crippen molar-refractivity contribution in [1.29, 1.82) is 0 Å². The molecule has 7 heteroatoms. The van der Waals surface area contributed by atoms with Crippen LogP contribution in [-0.4, -0.2) is 35.2 Å². The Labute approximate surface area is 115 Å². The minimum Gasteiger partial charge on any atom is -0.271 e. The van der Waals surface area contributed by atoms with E-state index in [0.717, 1.165) is 17.9 Å². The molecule has 1 unspecified atom stereocenters. The lowest BCUT2D eigenvalue weighted by molar-refractivity contribution is 0.403. The van der Waals surface area contributed by atoms with E-state index in [2.05, 4.69) is 10.5 Å². The molecule has 0 aromatic carbocycles. The third kappa shape index (κ3) is 3.34. The van der Waals surface area contributed by atoms with Gasteiger partial charge in [0, 0.05) is 31.0 Å². The largest absolute Gasteiger partial charge is 0.271 e. The number of sulfone groups is 1. The third-order valence-corrected chi connectivity index (χ3v) is 5.89. The Morgan fingerprint density at radius 1 is 1.53 bits per heavy atom. The molecule has 1 aromatic heterocycles. The SMILES string of the molecule is CCn1nc(C)cc1CC(NN)C(C)(C)S(C)(=O)=O.